The SMILES string of the molecule is FC(F)(F)c1ccc(N2C=CNC=C2c2c(C(F)(F)F)nc3ncccn23)cc1. The van der Waals surface area contributed by atoms with Crippen molar-refractivity contribution >= 4 is 17.2 Å². The molecule has 0 amide bonds. The molecular formula is C18H11F6N5. The Hall–Kier alpha value is -3.50. The Bertz CT molecular complexity index is 1110. The lowest BCUT2D eigenvalue weighted by Gasteiger charge is -2.27. The van der Waals surface area contributed by atoms with E-state index in [0.29, 0.717) is 0 Å². The van der Waals surface area contributed by atoms with Gasteiger partial charge in [-0.25, -0.2) is 9.97 Å². The van der Waals surface area contributed by atoms with Crippen molar-refractivity contribution in [3.8, 4) is 0 Å². The zero-order chi connectivity index (χ0) is 20.8. The van der Waals surface area contributed by atoms with E-state index in [1.807, 2.05) is 0 Å². The molecule has 1 N–H and O–H groups in total. The summed E-state index contributed by atoms with van der Waals surface area (Å²) in [5, 5.41) is 2.71. The van der Waals surface area contributed by atoms with Gasteiger partial charge in [0.15, 0.2) is 5.69 Å². The number of aromatic nitrogens is 3. The highest BCUT2D eigenvalue weighted by Crippen LogP contribution is 2.38. The van der Waals surface area contributed by atoms with Crippen LogP contribution in [0.2, 0.25) is 0 Å². The molecule has 0 spiro atoms. The zero-order valence-electron chi connectivity index (χ0n) is 14.3. The standard InChI is InChI=1S/C18H11F6N5/c19-17(20,21)11-2-4-12(5-3-11)28-9-7-25-10-13(28)14-15(18(22,23)24)27-16-26-6-1-8-29(14)16/h1-10,25H. The summed E-state index contributed by atoms with van der Waals surface area (Å²) in [4.78, 5) is 8.78. The van der Waals surface area contributed by atoms with Gasteiger partial charge in [-0.3, -0.25) is 4.40 Å². The van der Waals surface area contributed by atoms with E-state index in [9.17, 15) is 26.3 Å². The summed E-state index contributed by atoms with van der Waals surface area (Å²) >= 11 is 0. The monoisotopic (exact) mass is 411 g/mol. The van der Waals surface area contributed by atoms with Gasteiger partial charge in [0.1, 0.15) is 5.69 Å². The van der Waals surface area contributed by atoms with Gasteiger partial charge in [-0.15, -0.1) is 0 Å². The van der Waals surface area contributed by atoms with Gasteiger partial charge in [-0.05, 0) is 30.3 Å². The lowest BCUT2D eigenvalue weighted by atomic mass is 10.1. The van der Waals surface area contributed by atoms with Crippen molar-refractivity contribution in [1.29, 1.82) is 0 Å². The molecule has 0 saturated heterocycles. The topological polar surface area (TPSA) is 45.5 Å². The Labute approximate surface area is 159 Å². The number of imidazole rings is 1. The number of hydrogen-bond acceptors (Lipinski definition) is 4. The minimum atomic E-state index is -4.77. The maximum Gasteiger partial charge on any atom is 0.435 e. The Kier molecular flexibility index (Phi) is 4.25. The van der Waals surface area contributed by atoms with Gasteiger partial charge in [-0.1, -0.05) is 0 Å². The second-order valence-electron chi connectivity index (χ2n) is 6.02. The third-order valence-electron chi connectivity index (χ3n) is 4.19. The fourth-order valence-corrected chi connectivity index (χ4v) is 2.94. The van der Waals surface area contributed by atoms with E-state index in [2.05, 4.69) is 15.3 Å². The van der Waals surface area contributed by atoms with Crippen molar-refractivity contribution in [2.24, 2.45) is 0 Å². The predicted molar refractivity (Wildman–Crippen MR) is 92.2 cm³/mol. The van der Waals surface area contributed by atoms with E-state index in [1.54, 1.807) is 0 Å². The number of hydrogen-bond donors (Lipinski definition) is 1. The van der Waals surface area contributed by atoms with E-state index in [1.165, 1.54) is 58.5 Å². The second kappa shape index (κ2) is 6.54. The van der Waals surface area contributed by atoms with Crippen LogP contribution in [-0.2, 0) is 12.4 Å². The molecule has 5 nitrogen and oxygen atoms in total. The maximum absolute atomic E-state index is 13.6. The van der Waals surface area contributed by atoms with Crippen LogP contribution >= 0.6 is 0 Å². The molecule has 0 bridgehead atoms. The number of anilines is 1. The molecule has 1 aliphatic rings. The Morgan fingerprint density at radius 3 is 2.31 bits per heavy atom. The average molecular weight is 411 g/mol. The van der Waals surface area contributed by atoms with E-state index in [-0.39, 0.29) is 22.9 Å². The number of nitrogens with one attached hydrogen (secondary N) is 1. The molecule has 29 heavy (non-hydrogen) atoms. The van der Waals surface area contributed by atoms with Gasteiger partial charge >= 0.3 is 12.4 Å². The molecule has 0 fully saturated rings. The predicted octanol–water partition coefficient (Wildman–Crippen LogP) is 4.65. The van der Waals surface area contributed by atoms with Crippen molar-refractivity contribution < 1.29 is 26.3 Å². The first kappa shape index (κ1) is 18.8. The number of benzene rings is 1. The van der Waals surface area contributed by atoms with Crippen LogP contribution in [-0.4, -0.2) is 14.4 Å². The Balaban J connectivity index is 1.85. The average Bonchev–Trinajstić information content (AvgIpc) is 3.07. The molecule has 0 unspecified atom stereocenters. The summed E-state index contributed by atoms with van der Waals surface area (Å²) in [6.07, 6.45) is -2.44. The fourth-order valence-electron chi connectivity index (χ4n) is 2.94. The van der Waals surface area contributed by atoms with Gasteiger partial charge in [0.25, 0.3) is 0 Å². The first-order chi connectivity index (χ1) is 13.7. The molecule has 1 aliphatic heterocycles. The van der Waals surface area contributed by atoms with Crippen molar-refractivity contribution in [3.05, 3.63) is 78.3 Å². The Morgan fingerprint density at radius 2 is 1.66 bits per heavy atom. The highest BCUT2D eigenvalue weighted by atomic mass is 19.4. The molecule has 0 saturated carbocycles. The number of nitrogens with zero attached hydrogens (tertiary/aromatic N) is 4. The smallest absolute Gasteiger partial charge is 0.365 e. The molecule has 0 aliphatic carbocycles. The lowest BCUT2D eigenvalue weighted by Crippen LogP contribution is -2.24. The van der Waals surface area contributed by atoms with Crippen molar-refractivity contribution in [2.45, 2.75) is 12.4 Å². The highest BCUT2D eigenvalue weighted by molar-refractivity contribution is 5.82. The van der Waals surface area contributed by atoms with Crippen LogP contribution in [0.3, 0.4) is 0 Å². The number of alkyl halides is 6. The number of halogens is 6. The van der Waals surface area contributed by atoms with Crippen LogP contribution < -0.4 is 10.2 Å². The first-order valence-electron chi connectivity index (χ1n) is 8.16. The first-order valence-corrected chi connectivity index (χ1v) is 8.16. The van der Waals surface area contributed by atoms with Gasteiger partial charge in [0.2, 0.25) is 5.78 Å². The van der Waals surface area contributed by atoms with Crippen LogP contribution in [0, 0.1) is 0 Å². The van der Waals surface area contributed by atoms with Crippen molar-refractivity contribution in [1.82, 2.24) is 19.7 Å². The van der Waals surface area contributed by atoms with Crippen LogP contribution in [0.5, 0.6) is 0 Å². The van der Waals surface area contributed by atoms with Crippen molar-refractivity contribution in [2.75, 3.05) is 4.90 Å². The summed E-state index contributed by atoms with van der Waals surface area (Å²) in [7, 11) is 0. The van der Waals surface area contributed by atoms with Crippen LogP contribution in [0.4, 0.5) is 32.0 Å². The minimum absolute atomic E-state index is 0.0417. The van der Waals surface area contributed by atoms with Crippen LogP contribution in [0.25, 0.3) is 11.5 Å². The zero-order valence-corrected chi connectivity index (χ0v) is 14.3. The summed E-state index contributed by atoms with van der Waals surface area (Å²) in [6, 6.07) is 5.54. The lowest BCUT2D eigenvalue weighted by molar-refractivity contribution is -0.141. The largest absolute Gasteiger partial charge is 0.435 e. The molecule has 0 radical (unpaired) electrons. The van der Waals surface area contributed by atoms with Crippen LogP contribution in [0.15, 0.2) is 61.3 Å². The third kappa shape index (κ3) is 3.39. The molecular weight excluding hydrogens is 400 g/mol. The third-order valence-corrected chi connectivity index (χ3v) is 4.19. The van der Waals surface area contributed by atoms with E-state index in [0.717, 1.165) is 12.1 Å². The van der Waals surface area contributed by atoms with Gasteiger partial charge in [0, 0.05) is 36.7 Å². The molecule has 3 heterocycles. The maximum atomic E-state index is 13.6. The molecule has 11 heteroatoms. The summed E-state index contributed by atoms with van der Waals surface area (Å²) < 4.78 is 80.6. The summed E-state index contributed by atoms with van der Waals surface area (Å²) in [5.74, 6) is -0.155. The van der Waals surface area contributed by atoms with Gasteiger partial charge < -0.3 is 10.2 Å². The molecule has 150 valence electrons. The minimum Gasteiger partial charge on any atom is -0.365 e. The second-order valence-corrected chi connectivity index (χ2v) is 6.02. The summed E-state index contributed by atoms with van der Waals surface area (Å²) in [6.45, 7) is 0. The van der Waals surface area contributed by atoms with E-state index < -0.39 is 23.6 Å². The number of fused-ring (bicyclic) bond motifs is 1. The highest BCUT2D eigenvalue weighted by Gasteiger charge is 2.40. The molecule has 1 aromatic carbocycles. The van der Waals surface area contributed by atoms with Crippen molar-refractivity contribution in [3.63, 3.8) is 0 Å². The molecule has 0 atom stereocenters. The molecule has 2 aromatic heterocycles. The number of rotatable bonds is 2. The quantitative estimate of drug-likeness (QED) is 0.624. The van der Waals surface area contributed by atoms with E-state index in [4.69, 9.17) is 0 Å². The Morgan fingerprint density at radius 1 is 0.931 bits per heavy atom. The fraction of sp³-hybridized carbons (Fsp3) is 0.111. The molecule has 4 rings (SSSR count). The van der Waals surface area contributed by atoms with Gasteiger partial charge in [0.05, 0.1) is 11.3 Å². The normalized spacial score (nSPS) is 14.8. The van der Waals surface area contributed by atoms with Crippen LogP contribution in [0.1, 0.15) is 17.0 Å². The summed E-state index contributed by atoms with van der Waals surface area (Å²) in [5.41, 5.74) is -2.02. The van der Waals surface area contributed by atoms with E-state index >= 15 is 0 Å². The van der Waals surface area contributed by atoms with Gasteiger partial charge in [-0.2, -0.15) is 26.3 Å². The molecule has 3 aromatic rings.